The van der Waals surface area contributed by atoms with Crippen LogP contribution in [0, 0.1) is 5.92 Å². The van der Waals surface area contributed by atoms with Crippen molar-refractivity contribution in [3.05, 3.63) is 18.2 Å². The van der Waals surface area contributed by atoms with Gasteiger partial charge < -0.3 is 19.9 Å². The van der Waals surface area contributed by atoms with Gasteiger partial charge in [0, 0.05) is 11.8 Å². The zero-order valence-corrected chi connectivity index (χ0v) is 11.1. The summed E-state index contributed by atoms with van der Waals surface area (Å²) >= 11 is 0. The van der Waals surface area contributed by atoms with Crippen molar-refractivity contribution < 1.29 is 24.2 Å². The molecule has 0 aromatic heterocycles. The number of methoxy groups -OCH3 is 1. The molecule has 1 unspecified atom stereocenters. The van der Waals surface area contributed by atoms with Gasteiger partial charge in [0.1, 0.15) is 5.92 Å². The van der Waals surface area contributed by atoms with Gasteiger partial charge in [-0.15, -0.1) is 0 Å². The van der Waals surface area contributed by atoms with Crippen molar-refractivity contribution in [2.45, 2.75) is 13.8 Å². The number of carbonyl (C=O) groups excluding carboxylic acids is 1. The van der Waals surface area contributed by atoms with Gasteiger partial charge in [-0.25, -0.2) is 0 Å². The summed E-state index contributed by atoms with van der Waals surface area (Å²) in [6.45, 7) is 3.67. The average Bonchev–Trinajstić information content (AvgIpc) is 2.39. The Balaban J connectivity index is 2.85. The van der Waals surface area contributed by atoms with Gasteiger partial charge in [0.2, 0.25) is 5.91 Å². The number of ether oxygens (including phenoxy) is 2. The third-order valence-corrected chi connectivity index (χ3v) is 2.49. The van der Waals surface area contributed by atoms with E-state index < -0.39 is 17.8 Å². The van der Waals surface area contributed by atoms with E-state index in [9.17, 15) is 9.59 Å². The van der Waals surface area contributed by atoms with Crippen molar-refractivity contribution in [1.82, 2.24) is 0 Å². The lowest BCUT2D eigenvalue weighted by molar-refractivity contribution is -0.144. The van der Waals surface area contributed by atoms with Crippen LogP contribution in [0.25, 0.3) is 0 Å². The van der Waals surface area contributed by atoms with E-state index >= 15 is 0 Å². The molecule has 1 atom stereocenters. The minimum Gasteiger partial charge on any atom is -0.493 e. The van der Waals surface area contributed by atoms with Crippen molar-refractivity contribution >= 4 is 17.6 Å². The van der Waals surface area contributed by atoms with Crippen LogP contribution in [0.1, 0.15) is 13.8 Å². The van der Waals surface area contributed by atoms with Crippen molar-refractivity contribution in [1.29, 1.82) is 0 Å². The van der Waals surface area contributed by atoms with Crippen molar-refractivity contribution in [3.63, 3.8) is 0 Å². The molecule has 2 N–H and O–H groups in total. The third kappa shape index (κ3) is 3.87. The monoisotopic (exact) mass is 267 g/mol. The van der Waals surface area contributed by atoms with Crippen molar-refractivity contribution in [3.8, 4) is 11.5 Å². The zero-order valence-electron chi connectivity index (χ0n) is 11.1. The smallest absolute Gasteiger partial charge is 0.315 e. The second-order valence-corrected chi connectivity index (χ2v) is 3.85. The first-order valence-corrected chi connectivity index (χ1v) is 5.84. The van der Waals surface area contributed by atoms with Crippen LogP contribution >= 0.6 is 0 Å². The molecule has 104 valence electrons. The van der Waals surface area contributed by atoms with Crippen LogP contribution < -0.4 is 14.8 Å². The lowest BCUT2D eigenvalue weighted by Gasteiger charge is -2.12. The summed E-state index contributed by atoms with van der Waals surface area (Å²) in [6.07, 6.45) is 0. The first kappa shape index (κ1) is 14.8. The van der Waals surface area contributed by atoms with Gasteiger partial charge in [-0.05, 0) is 26.0 Å². The fourth-order valence-corrected chi connectivity index (χ4v) is 1.38. The lowest BCUT2D eigenvalue weighted by Crippen LogP contribution is -2.26. The van der Waals surface area contributed by atoms with Gasteiger partial charge in [-0.1, -0.05) is 0 Å². The van der Waals surface area contributed by atoms with Gasteiger partial charge in [0.15, 0.2) is 11.5 Å². The van der Waals surface area contributed by atoms with Crippen LogP contribution in [0.3, 0.4) is 0 Å². The van der Waals surface area contributed by atoms with E-state index in [1.165, 1.54) is 14.0 Å². The van der Waals surface area contributed by atoms with E-state index in [-0.39, 0.29) is 0 Å². The first-order chi connectivity index (χ1) is 8.99. The highest BCUT2D eigenvalue weighted by molar-refractivity contribution is 6.03. The Kier molecular flexibility index (Phi) is 5.17. The number of hydrogen-bond acceptors (Lipinski definition) is 4. The number of carbonyl (C=O) groups is 2. The zero-order chi connectivity index (χ0) is 14.4. The molecule has 6 nitrogen and oxygen atoms in total. The summed E-state index contributed by atoms with van der Waals surface area (Å²) in [5, 5.41) is 11.3. The van der Waals surface area contributed by atoms with Crippen LogP contribution in [-0.2, 0) is 9.59 Å². The van der Waals surface area contributed by atoms with Crippen LogP contribution in [0.15, 0.2) is 18.2 Å². The quantitative estimate of drug-likeness (QED) is 0.767. The van der Waals surface area contributed by atoms with Crippen molar-refractivity contribution in [2.75, 3.05) is 19.0 Å². The summed E-state index contributed by atoms with van der Waals surface area (Å²) in [6, 6.07) is 4.86. The van der Waals surface area contributed by atoms with Crippen molar-refractivity contribution in [2.24, 2.45) is 5.92 Å². The summed E-state index contributed by atoms with van der Waals surface area (Å²) in [4.78, 5) is 22.3. The molecule has 0 fully saturated rings. The summed E-state index contributed by atoms with van der Waals surface area (Å²) in [5.41, 5.74) is 0.457. The summed E-state index contributed by atoms with van der Waals surface area (Å²) in [5.74, 6) is -1.83. The molecule has 0 aliphatic heterocycles. The molecule has 0 bridgehead atoms. The number of rotatable bonds is 6. The van der Waals surface area contributed by atoms with E-state index in [4.69, 9.17) is 14.6 Å². The number of carboxylic acid groups (broad SMARTS) is 1. The van der Waals surface area contributed by atoms with Crippen LogP contribution in [-0.4, -0.2) is 30.7 Å². The normalized spacial score (nSPS) is 11.5. The summed E-state index contributed by atoms with van der Waals surface area (Å²) < 4.78 is 10.5. The van der Waals surface area contributed by atoms with Gasteiger partial charge >= 0.3 is 5.97 Å². The molecule has 0 radical (unpaired) electrons. The topological polar surface area (TPSA) is 84.9 Å². The van der Waals surface area contributed by atoms with E-state index in [0.29, 0.717) is 23.8 Å². The minimum atomic E-state index is -1.17. The second kappa shape index (κ2) is 6.63. The maximum Gasteiger partial charge on any atom is 0.315 e. The van der Waals surface area contributed by atoms with Gasteiger partial charge in [0.25, 0.3) is 0 Å². The Morgan fingerprint density at radius 3 is 2.58 bits per heavy atom. The molecular weight excluding hydrogens is 250 g/mol. The Morgan fingerprint density at radius 2 is 2.05 bits per heavy atom. The highest BCUT2D eigenvalue weighted by atomic mass is 16.5. The largest absolute Gasteiger partial charge is 0.493 e. The molecule has 1 aromatic carbocycles. The second-order valence-electron chi connectivity index (χ2n) is 3.85. The highest BCUT2D eigenvalue weighted by Crippen LogP contribution is 2.30. The number of carboxylic acids is 1. The molecule has 0 aliphatic rings. The molecule has 0 saturated heterocycles. The Hall–Kier alpha value is -2.24. The van der Waals surface area contributed by atoms with Crippen LogP contribution in [0.2, 0.25) is 0 Å². The summed E-state index contributed by atoms with van der Waals surface area (Å²) in [7, 11) is 1.49. The number of hydrogen-bond donors (Lipinski definition) is 2. The molecule has 6 heteroatoms. The van der Waals surface area contributed by atoms with E-state index in [2.05, 4.69) is 5.32 Å². The van der Waals surface area contributed by atoms with Gasteiger partial charge in [0.05, 0.1) is 13.7 Å². The Bertz CT molecular complexity index is 472. The van der Waals surface area contributed by atoms with Gasteiger partial charge in [-0.2, -0.15) is 0 Å². The SMILES string of the molecule is CCOc1ccc(NC(=O)C(C)C(=O)O)cc1OC. The lowest BCUT2D eigenvalue weighted by atomic mass is 10.1. The van der Waals surface area contributed by atoms with Gasteiger partial charge in [-0.3, -0.25) is 9.59 Å². The molecule has 0 spiro atoms. The fourth-order valence-electron chi connectivity index (χ4n) is 1.38. The van der Waals surface area contributed by atoms with E-state index in [1.54, 1.807) is 18.2 Å². The molecule has 19 heavy (non-hydrogen) atoms. The average molecular weight is 267 g/mol. The number of benzene rings is 1. The third-order valence-electron chi connectivity index (χ3n) is 2.49. The number of nitrogens with one attached hydrogen (secondary N) is 1. The van der Waals surface area contributed by atoms with E-state index in [0.717, 1.165) is 0 Å². The fraction of sp³-hybridized carbons (Fsp3) is 0.385. The molecule has 1 rings (SSSR count). The maximum atomic E-state index is 11.6. The molecule has 0 heterocycles. The van der Waals surface area contributed by atoms with E-state index in [1.807, 2.05) is 6.92 Å². The molecule has 1 aromatic rings. The predicted octanol–water partition coefficient (Wildman–Crippen LogP) is 1.75. The molecule has 0 saturated carbocycles. The minimum absolute atomic E-state index is 0.457. The maximum absolute atomic E-state index is 11.6. The first-order valence-electron chi connectivity index (χ1n) is 5.84. The number of anilines is 1. The number of aliphatic carboxylic acids is 1. The Morgan fingerprint density at radius 1 is 1.37 bits per heavy atom. The molecule has 0 aliphatic carbocycles. The molecular formula is C13H17NO5. The van der Waals surface area contributed by atoms with Crippen LogP contribution in [0.5, 0.6) is 11.5 Å². The predicted molar refractivity (Wildman–Crippen MR) is 69.6 cm³/mol. The number of amides is 1. The molecule has 1 amide bonds. The van der Waals surface area contributed by atoms with Crippen LogP contribution in [0.4, 0.5) is 5.69 Å². The Labute approximate surface area is 111 Å². The standard InChI is InChI=1S/C13H17NO5/c1-4-19-10-6-5-9(7-11(10)18-3)14-12(15)8(2)13(16)17/h5-8H,4H2,1-3H3,(H,14,15)(H,16,17). The highest BCUT2D eigenvalue weighted by Gasteiger charge is 2.20.